The zero-order valence-electron chi connectivity index (χ0n) is 20.6. The molecular formula is C25H33Cl2N3O4S. The van der Waals surface area contributed by atoms with E-state index in [1.54, 1.807) is 43.3 Å². The standard InChI is InChI=1S/C25H33Cl2N3O4S/c1-5-7-14-28-25(32)23(6-2)29(16-20-21(26)12-9-13-22(20)27)24(31)17-30(35(4,33)34)19-11-8-10-18(3)15-19/h8-13,15,23H,5-7,14,16-17H2,1-4H3,(H,28,32)/t23-/m1/s1. The Morgan fingerprint density at radius 1 is 1.06 bits per heavy atom. The van der Waals surface area contributed by atoms with Crippen molar-refractivity contribution in [2.24, 2.45) is 0 Å². The summed E-state index contributed by atoms with van der Waals surface area (Å²) in [5.41, 5.74) is 1.72. The van der Waals surface area contributed by atoms with E-state index < -0.39 is 28.5 Å². The van der Waals surface area contributed by atoms with E-state index in [2.05, 4.69) is 5.32 Å². The first kappa shape index (κ1) is 28.9. The SMILES string of the molecule is CCCCNC(=O)[C@@H](CC)N(Cc1c(Cl)cccc1Cl)C(=O)CN(c1cccc(C)c1)S(C)(=O)=O. The molecule has 1 atom stereocenters. The molecule has 0 aliphatic heterocycles. The Hall–Kier alpha value is -2.29. The lowest BCUT2D eigenvalue weighted by Crippen LogP contribution is -2.52. The molecular weight excluding hydrogens is 509 g/mol. The topological polar surface area (TPSA) is 86.8 Å². The van der Waals surface area contributed by atoms with E-state index in [4.69, 9.17) is 23.2 Å². The van der Waals surface area contributed by atoms with Gasteiger partial charge in [-0.15, -0.1) is 0 Å². The number of halogens is 2. The molecule has 0 radical (unpaired) electrons. The lowest BCUT2D eigenvalue weighted by atomic mass is 10.1. The van der Waals surface area contributed by atoms with Gasteiger partial charge in [0.15, 0.2) is 0 Å². The van der Waals surface area contributed by atoms with Crippen LogP contribution in [0.4, 0.5) is 5.69 Å². The number of nitrogens with zero attached hydrogens (tertiary/aromatic N) is 2. The third-order valence-electron chi connectivity index (χ3n) is 5.57. The van der Waals surface area contributed by atoms with Gasteiger partial charge >= 0.3 is 0 Å². The molecule has 0 aliphatic carbocycles. The van der Waals surface area contributed by atoms with Crippen molar-refractivity contribution in [1.29, 1.82) is 0 Å². The van der Waals surface area contributed by atoms with Crippen LogP contribution in [0.3, 0.4) is 0 Å². The molecule has 0 bridgehead atoms. The third-order valence-corrected chi connectivity index (χ3v) is 7.42. The lowest BCUT2D eigenvalue weighted by molar-refractivity contribution is -0.140. The summed E-state index contributed by atoms with van der Waals surface area (Å²) < 4.78 is 26.3. The summed E-state index contributed by atoms with van der Waals surface area (Å²) in [5, 5.41) is 3.59. The van der Waals surface area contributed by atoms with Crippen molar-refractivity contribution in [3.8, 4) is 0 Å². The smallest absolute Gasteiger partial charge is 0.244 e. The van der Waals surface area contributed by atoms with Crippen LogP contribution in [0.15, 0.2) is 42.5 Å². The molecule has 0 aliphatic rings. The van der Waals surface area contributed by atoms with E-state index in [1.165, 1.54) is 4.90 Å². The summed E-state index contributed by atoms with van der Waals surface area (Å²) in [4.78, 5) is 28.1. The maximum Gasteiger partial charge on any atom is 0.244 e. The van der Waals surface area contributed by atoms with Crippen LogP contribution in [-0.2, 0) is 26.2 Å². The maximum absolute atomic E-state index is 13.7. The normalized spacial score (nSPS) is 12.2. The van der Waals surface area contributed by atoms with Crippen LogP contribution >= 0.6 is 23.2 Å². The number of unbranched alkanes of at least 4 members (excludes halogenated alkanes) is 1. The molecule has 0 heterocycles. The Morgan fingerprint density at radius 2 is 1.69 bits per heavy atom. The zero-order valence-corrected chi connectivity index (χ0v) is 22.9. The van der Waals surface area contributed by atoms with Gasteiger partial charge in [-0.3, -0.25) is 13.9 Å². The van der Waals surface area contributed by atoms with Crippen molar-refractivity contribution < 1.29 is 18.0 Å². The first-order valence-electron chi connectivity index (χ1n) is 11.5. The minimum Gasteiger partial charge on any atom is -0.354 e. The number of rotatable bonds is 12. The Labute approximate surface area is 218 Å². The Kier molecular flexibility index (Phi) is 10.9. The monoisotopic (exact) mass is 541 g/mol. The lowest BCUT2D eigenvalue weighted by Gasteiger charge is -2.33. The van der Waals surface area contributed by atoms with Gasteiger partial charge < -0.3 is 10.2 Å². The van der Waals surface area contributed by atoms with Crippen LogP contribution in [0.2, 0.25) is 10.0 Å². The van der Waals surface area contributed by atoms with Gasteiger partial charge in [0.05, 0.1) is 11.9 Å². The first-order valence-corrected chi connectivity index (χ1v) is 14.1. The number of carbonyl (C=O) groups excluding carboxylic acids is 2. The fraction of sp³-hybridized carbons (Fsp3) is 0.440. The van der Waals surface area contributed by atoms with E-state index in [9.17, 15) is 18.0 Å². The van der Waals surface area contributed by atoms with Gasteiger partial charge in [-0.1, -0.05) is 61.7 Å². The molecule has 2 rings (SSSR count). The quantitative estimate of drug-likeness (QED) is 0.391. The Morgan fingerprint density at radius 3 is 2.23 bits per heavy atom. The van der Waals surface area contributed by atoms with Crippen molar-refractivity contribution >= 4 is 50.7 Å². The predicted octanol–water partition coefficient (Wildman–Crippen LogP) is 4.79. The first-order chi connectivity index (χ1) is 16.5. The molecule has 2 amide bonds. The molecule has 192 valence electrons. The van der Waals surface area contributed by atoms with E-state index >= 15 is 0 Å². The molecule has 0 saturated heterocycles. The number of anilines is 1. The predicted molar refractivity (Wildman–Crippen MR) is 142 cm³/mol. The van der Waals surface area contributed by atoms with Gasteiger partial charge in [-0.05, 0) is 49.6 Å². The van der Waals surface area contributed by atoms with Crippen molar-refractivity contribution in [2.75, 3.05) is 23.7 Å². The molecule has 2 aromatic carbocycles. The van der Waals surface area contributed by atoms with Gasteiger partial charge in [0.2, 0.25) is 21.8 Å². The van der Waals surface area contributed by atoms with Gasteiger partial charge in [-0.25, -0.2) is 8.42 Å². The third kappa shape index (κ3) is 8.12. The van der Waals surface area contributed by atoms with Crippen LogP contribution < -0.4 is 9.62 Å². The molecule has 10 heteroatoms. The largest absolute Gasteiger partial charge is 0.354 e. The van der Waals surface area contributed by atoms with Gasteiger partial charge in [0.1, 0.15) is 12.6 Å². The number of aryl methyl sites for hydroxylation is 1. The van der Waals surface area contributed by atoms with Crippen molar-refractivity contribution in [2.45, 2.75) is 52.6 Å². The molecule has 2 aromatic rings. The van der Waals surface area contributed by atoms with Gasteiger partial charge in [0, 0.05) is 28.7 Å². The van der Waals surface area contributed by atoms with Crippen LogP contribution in [0, 0.1) is 6.92 Å². The molecule has 0 spiro atoms. The second kappa shape index (κ2) is 13.1. The Balaban J connectivity index is 2.46. The molecule has 35 heavy (non-hydrogen) atoms. The minimum atomic E-state index is -3.79. The average molecular weight is 543 g/mol. The highest BCUT2D eigenvalue weighted by Crippen LogP contribution is 2.27. The van der Waals surface area contributed by atoms with Crippen molar-refractivity contribution in [1.82, 2.24) is 10.2 Å². The molecule has 0 unspecified atom stereocenters. The fourth-order valence-electron chi connectivity index (χ4n) is 3.68. The van der Waals surface area contributed by atoms with E-state index in [-0.39, 0.29) is 12.5 Å². The molecule has 0 aromatic heterocycles. The fourth-order valence-corrected chi connectivity index (χ4v) is 5.03. The van der Waals surface area contributed by atoms with Crippen LogP contribution in [0.25, 0.3) is 0 Å². The number of amides is 2. The molecule has 0 fully saturated rings. The maximum atomic E-state index is 13.7. The van der Waals surface area contributed by atoms with Crippen LogP contribution in [0.1, 0.15) is 44.2 Å². The highest BCUT2D eigenvalue weighted by molar-refractivity contribution is 7.92. The van der Waals surface area contributed by atoms with E-state index in [1.807, 2.05) is 19.9 Å². The van der Waals surface area contributed by atoms with E-state index in [0.717, 1.165) is 29.0 Å². The van der Waals surface area contributed by atoms with Crippen LogP contribution in [-0.4, -0.2) is 50.5 Å². The number of hydrogen-bond acceptors (Lipinski definition) is 4. The number of benzene rings is 2. The Bertz CT molecular complexity index is 1120. The number of hydrogen-bond donors (Lipinski definition) is 1. The minimum absolute atomic E-state index is 0.0392. The molecule has 0 saturated carbocycles. The van der Waals surface area contributed by atoms with Gasteiger partial charge in [-0.2, -0.15) is 0 Å². The van der Waals surface area contributed by atoms with Crippen LogP contribution in [0.5, 0.6) is 0 Å². The highest BCUT2D eigenvalue weighted by Gasteiger charge is 2.32. The second-order valence-electron chi connectivity index (χ2n) is 8.40. The van der Waals surface area contributed by atoms with Crippen molar-refractivity contribution in [3.63, 3.8) is 0 Å². The summed E-state index contributed by atoms with van der Waals surface area (Å²) in [6.07, 6.45) is 3.10. The van der Waals surface area contributed by atoms with E-state index in [0.29, 0.717) is 34.3 Å². The van der Waals surface area contributed by atoms with Crippen molar-refractivity contribution in [3.05, 3.63) is 63.6 Å². The summed E-state index contributed by atoms with van der Waals surface area (Å²) in [6.45, 7) is 5.63. The summed E-state index contributed by atoms with van der Waals surface area (Å²) in [7, 11) is -3.79. The van der Waals surface area contributed by atoms with Gasteiger partial charge in [0.25, 0.3) is 0 Å². The second-order valence-corrected chi connectivity index (χ2v) is 11.1. The summed E-state index contributed by atoms with van der Waals surface area (Å²) >= 11 is 12.7. The molecule has 1 N–H and O–H groups in total. The number of carbonyl (C=O) groups is 2. The number of sulfonamides is 1. The molecule has 7 nitrogen and oxygen atoms in total. The highest BCUT2D eigenvalue weighted by atomic mass is 35.5. The zero-order chi connectivity index (χ0) is 26.2. The number of nitrogens with one attached hydrogen (secondary N) is 1. The average Bonchev–Trinajstić information content (AvgIpc) is 2.78. The summed E-state index contributed by atoms with van der Waals surface area (Å²) in [5.74, 6) is -0.843. The summed E-state index contributed by atoms with van der Waals surface area (Å²) in [6, 6.07) is 11.1.